The van der Waals surface area contributed by atoms with Crippen molar-refractivity contribution in [3.8, 4) is 0 Å². The highest BCUT2D eigenvalue weighted by Crippen LogP contribution is 1.47. The Labute approximate surface area is 49.6 Å². The van der Waals surface area contributed by atoms with Crippen molar-refractivity contribution in [2.24, 2.45) is 5.84 Å². The molecule has 0 aromatic heterocycles. The number of hydrogen-bond acceptors (Lipinski definition) is 3. The van der Waals surface area contributed by atoms with Gasteiger partial charge in [0.25, 0.3) is 0 Å². The van der Waals surface area contributed by atoms with Crippen molar-refractivity contribution < 1.29 is 4.79 Å². The molecule has 4 nitrogen and oxygen atoms in total. The van der Waals surface area contributed by atoms with Crippen LogP contribution in [0.3, 0.4) is 0 Å². The molecule has 8 heavy (non-hydrogen) atoms. The molecule has 0 saturated heterocycles. The van der Waals surface area contributed by atoms with E-state index in [2.05, 4.69) is 5.84 Å². The maximum Gasteiger partial charge on any atom is 0.221 e. The Morgan fingerprint density at radius 1 is 1.50 bits per heavy atom. The fraction of sp³-hybridized carbons (Fsp3) is 0.750. The smallest absolute Gasteiger partial charge is 0.221 e. The van der Waals surface area contributed by atoms with E-state index in [0.29, 0.717) is 6.41 Å². The van der Waals surface area contributed by atoms with E-state index in [9.17, 15) is 0 Å². The van der Waals surface area contributed by atoms with Crippen molar-refractivity contribution in [3.63, 3.8) is 0 Å². The minimum Gasteiger partial charge on any atom is -0.312 e. The van der Waals surface area contributed by atoms with Crippen LogP contribution in [0.1, 0.15) is 0 Å². The maximum absolute atomic E-state index is 8.94. The van der Waals surface area contributed by atoms with Crippen molar-refractivity contribution in [3.05, 3.63) is 0 Å². The van der Waals surface area contributed by atoms with Gasteiger partial charge in [-0.3, -0.25) is 10.2 Å². The van der Waals surface area contributed by atoms with Gasteiger partial charge in [-0.25, -0.2) is 5.84 Å². The molecule has 0 aliphatic heterocycles. The van der Waals surface area contributed by atoms with E-state index >= 15 is 0 Å². The number of nitrogens with two attached hydrogens (primary N) is 1. The summed E-state index contributed by atoms with van der Waals surface area (Å²) in [7, 11) is 6.00. The lowest BCUT2D eigenvalue weighted by atomic mass is 11.0. The number of amides is 1. The summed E-state index contributed by atoms with van der Waals surface area (Å²) in [4.78, 5) is 10.9. The van der Waals surface area contributed by atoms with Crippen LogP contribution in [0.5, 0.6) is 0 Å². The zero-order chi connectivity index (χ0) is 6.99. The van der Waals surface area contributed by atoms with Gasteiger partial charge in [-0.2, -0.15) is 0 Å². The van der Waals surface area contributed by atoms with Crippen LogP contribution in [0.4, 0.5) is 0 Å². The molecule has 0 heterocycles. The van der Waals surface area contributed by atoms with Crippen molar-refractivity contribution in [2.75, 3.05) is 21.1 Å². The summed E-state index contributed by atoms with van der Waals surface area (Å²) < 4.78 is 0. The third-order valence-electron chi connectivity index (χ3n) is 0.0680. The minimum absolute atomic E-state index is 0.403. The van der Waals surface area contributed by atoms with E-state index in [1.165, 1.54) is 0 Å². The SMILES string of the molecule is CN(C)C.NNC=O. The number of nitrogens with one attached hydrogen (secondary N) is 1. The molecule has 0 aromatic rings. The molecule has 3 N–H and O–H groups in total. The fourth-order valence-corrected chi connectivity index (χ4v) is 0. The van der Waals surface area contributed by atoms with Gasteiger partial charge < -0.3 is 4.90 Å². The molecule has 0 rings (SSSR count). The molecule has 50 valence electrons. The summed E-state index contributed by atoms with van der Waals surface area (Å²) in [6, 6.07) is 0. The average Bonchev–Trinajstić information content (AvgIpc) is 1.65. The molecule has 0 saturated carbocycles. The Kier molecular flexibility index (Phi) is 12.5. The van der Waals surface area contributed by atoms with E-state index in [-0.39, 0.29) is 0 Å². The highest BCUT2D eigenvalue weighted by molar-refractivity contribution is 5.44. The maximum atomic E-state index is 8.94. The quantitative estimate of drug-likeness (QED) is 0.197. The van der Waals surface area contributed by atoms with Crippen LogP contribution >= 0.6 is 0 Å². The van der Waals surface area contributed by atoms with E-state index in [0.717, 1.165) is 0 Å². The van der Waals surface area contributed by atoms with Crippen molar-refractivity contribution >= 4 is 6.41 Å². The van der Waals surface area contributed by atoms with Gasteiger partial charge in [-0.05, 0) is 21.1 Å². The lowest BCUT2D eigenvalue weighted by molar-refractivity contribution is -0.109. The van der Waals surface area contributed by atoms with Gasteiger partial charge in [0, 0.05) is 0 Å². The van der Waals surface area contributed by atoms with Crippen LogP contribution in [0.15, 0.2) is 0 Å². The van der Waals surface area contributed by atoms with Gasteiger partial charge in [-0.1, -0.05) is 0 Å². The monoisotopic (exact) mass is 119 g/mol. The Morgan fingerprint density at radius 3 is 1.62 bits per heavy atom. The number of hydrazine groups is 1. The summed E-state index contributed by atoms with van der Waals surface area (Å²) in [5.41, 5.74) is 1.75. The number of carbonyl (C=O) groups is 1. The first-order chi connectivity index (χ1) is 3.65. The number of nitrogens with zero attached hydrogens (tertiary/aromatic N) is 1. The molecular weight excluding hydrogens is 106 g/mol. The molecule has 0 aliphatic rings. The average molecular weight is 119 g/mol. The molecule has 0 atom stereocenters. The highest BCUT2D eigenvalue weighted by Gasteiger charge is 1.58. The van der Waals surface area contributed by atoms with Crippen molar-refractivity contribution in [2.45, 2.75) is 0 Å². The van der Waals surface area contributed by atoms with Crippen LogP contribution in [-0.2, 0) is 4.79 Å². The van der Waals surface area contributed by atoms with Crippen LogP contribution in [-0.4, -0.2) is 32.5 Å². The van der Waals surface area contributed by atoms with Gasteiger partial charge in [0.2, 0.25) is 6.41 Å². The summed E-state index contributed by atoms with van der Waals surface area (Å²) in [5.74, 6) is 4.41. The van der Waals surface area contributed by atoms with Crippen LogP contribution in [0.25, 0.3) is 0 Å². The largest absolute Gasteiger partial charge is 0.312 e. The molecule has 0 aliphatic carbocycles. The molecule has 0 aromatic carbocycles. The normalized spacial score (nSPS) is 7.12. The van der Waals surface area contributed by atoms with Gasteiger partial charge in [0.15, 0.2) is 0 Å². The topological polar surface area (TPSA) is 58.4 Å². The summed E-state index contributed by atoms with van der Waals surface area (Å²) in [6.45, 7) is 0. The first-order valence-corrected chi connectivity index (χ1v) is 2.15. The van der Waals surface area contributed by atoms with Crippen LogP contribution in [0.2, 0.25) is 0 Å². The summed E-state index contributed by atoms with van der Waals surface area (Å²) >= 11 is 0. The molecular formula is C4H13N3O. The molecule has 4 heteroatoms. The predicted molar refractivity (Wildman–Crippen MR) is 33.0 cm³/mol. The number of carbonyl (C=O) groups excluding carboxylic acids is 1. The van der Waals surface area contributed by atoms with E-state index < -0.39 is 0 Å². The van der Waals surface area contributed by atoms with Gasteiger partial charge in [0.1, 0.15) is 0 Å². The van der Waals surface area contributed by atoms with E-state index in [1.807, 2.05) is 26.0 Å². The molecule has 1 amide bonds. The number of rotatable bonds is 1. The molecule has 0 bridgehead atoms. The second kappa shape index (κ2) is 9.63. The minimum atomic E-state index is 0.403. The Hall–Kier alpha value is -0.610. The van der Waals surface area contributed by atoms with Crippen LogP contribution in [0, 0.1) is 0 Å². The molecule has 0 radical (unpaired) electrons. The third-order valence-corrected chi connectivity index (χ3v) is 0.0680. The zero-order valence-corrected chi connectivity index (χ0v) is 5.51. The molecule has 0 fully saturated rings. The zero-order valence-electron chi connectivity index (χ0n) is 5.51. The van der Waals surface area contributed by atoms with E-state index in [1.54, 1.807) is 5.43 Å². The Bertz CT molecular complexity index is 43.8. The standard InChI is InChI=1S/C3H9N.CH4N2O/c1-4(2)3;2-3-1-4/h1-3H3;1H,2H2,(H,3,4). The van der Waals surface area contributed by atoms with Gasteiger partial charge >= 0.3 is 0 Å². The highest BCUT2D eigenvalue weighted by atomic mass is 16.1. The van der Waals surface area contributed by atoms with Crippen molar-refractivity contribution in [1.82, 2.24) is 10.3 Å². The second-order valence-corrected chi connectivity index (χ2v) is 1.63. The van der Waals surface area contributed by atoms with E-state index in [4.69, 9.17) is 4.79 Å². The fourth-order valence-electron chi connectivity index (χ4n) is 0. The summed E-state index contributed by atoms with van der Waals surface area (Å²) in [5, 5.41) is 0. The second-order valence-electron chi connectivity index (χ2n) is 1.63. The Balaban J connectivity index is 0. The molecule has 0 spiro atoms. The first kappa shape index (κ1) is 10.4. The first-order valence-electron chi connectivity index (χ1n) is 2.15. The summed E-state index contributed by atoms with van der Waals surface area (Å²) in [6.07, 6.45) is 0.403. The predicted octanol–water partition coefficient (Wildman–Crippen LogP) is -1.22. The van der Waals surface area contributed by atoms with Gasteiger partial charge in [0.05, 0.1) is 0 Å². The lowest BCUT2D eigenvalue weighted by Gasteiger charge is -1.90. The molecule has 0 unspecified atom stereocenters. The third kappa shape index (κ3) is 683. The number of hydrogen-bond donors (Lipinski definition) is 2. The van der Waals surface area contributed by atoms with Gasteiger partial charge in [-0.15, -0.1) is 0 Å². The van der Waals surface area contributed by atoms with Crippen molar-refractivity contribution in [1.29, 1.82) is 0 Å². The Morgan fingerprint density at radius 2 is 1.62 bits per heavy atom. The van der Waals surface area contributed by atoms with Crippen LogP contribution < -0.4 is 11.3 Å². The lowest BCUT2D eigenvalue weighted by Crippen LogP contribution is -2.18.